The minimum absolute atomic E-state index is 0.332. The van der Waals surface area contributed by atoms with Gasteiger partial charge in [-0.25, -0.2) is 8.78 Å². The van der Waals surface area contributed by atoms with E-state index >= 15 is 0 Å². The molecule has 0 aromatic heterocycles. The van der Waals surface area contributed by atoms with Gasteiger partial charge in [0.2, 0.25) is 0 Å². The Kier molecular flexibility index (Phi) is 2.35. The first kappa shape index (κ1) is 11.5. The highest BCUT2D eigenvalue weighted by Gasteiger charge is 2.52. The maximum atomic E-state index is 13.9. The van der Waals surface area contributed by atoms with Gasteiger partial charge in [0.25, 0.3) is 0 Å². The summed E-state index contributed by atoms with van der Waals surface area (Å²) in [6, 6.07) is 2.54. The Bertz CT molecular complexity index is 434. The summed E-state index contributed by atoms with van der Waals surface area (Å²) in [6.07, 6.45) is 1.74. The lowest BCUT2D eigenvalue weighted by Gasteiger charge is -2.33. The van der Waals surface area contributed by atoms with Crippen LogP contribution in [0.5, 0.6) is 0 Å². The number of hydrogen-bond acceptors (Lipinski definition) is 1. The van der Waals surface area contributed by atoms with Crippen molar-refractivity contribution in [2.24, 2.45) is 5.73 Å². The van der Waals surface area contributed by atoms with E-state index in [9.17, 15) is 8.78 Å². The fourth-order valence-corrected chi connectivity index (χ4v) is 2.15. The molecule has 0 heterocycles. The number of benzene rings is 1. The second kappa shape index (κ2) is 3.27. The minimum Gasteiger partial charge on any atom is -0.324 e. The van der Waals surface area contributed by atoms with Crippen LogP contribution in [0.4, 0.5) is 8.78 Å². The van der Waals surface area contributed by atoms with Gasteiger partial charge in [-0.05, 0) is 43.0 Å². The van der Waals surface area contributed by atoms with E-state index in [2.05, 4.69) is 0 Å². The van der Waals surface area contributed by atoms with Crippen LogP contribution < -0.4 is 5.73 Å². The van der Waals surface area contributed by atoms with Crippen molar-refractivity contribution in [3.63, 3.8) is 0 Å². The molecule has 1 aliphatic carbocycles. The summed E-state index contributed by atoms with van der Waals surface area (Å²) in [7, 11) is 0. The monoisotopic (exact) mass is 225 g/mol. The molecule has 1 nitrogen and oxygen atoms in total. The molecule has 1 aromatic carbocycles. The Balaban J connectivity index is 2.52. The smallest absolute Gasteiger partial charge is 0.127 e. The van der Waals surface area contributed by atoms with Crippen LogP contribution in [0.2, 0.25) is 0 Å². The third-order valence-corrected chi connectivity index (χ3v) is 3.96. The van der Waals surface area contributed by atoms with Gasteiger partial charge in [0.05, 0.1) is 0 Å². The maximum absolute atomic E-state index is 13.9. The second-order valence-corrected chi connectivity index (χ2v) is 5.36. The zero-order valence-corrected chi connectivity index (χ0v) is 9.90. The van der Waals surface area contributed by atoms with Crippen LogP contribution in [0.3, 0.4) is 0 Å². The largest absolute Gasteiger partial charge is 0.324 e. The number of aryl methyl sites for hydroxylation is 1. The Morgan fingerprint density at radius 3 is 2.25 bits per heavy atom. The van der Waals surface area contributed by atoms with Gasteiger partial charge < -0.3 is 5.73 Å². The Hall–Kier alpha value is -0.960. The van der Waals surface area contributed by atoms with Crippen molar-refractivity contribution in [2.75, 3.05) is 0 Å². The quantitative estimate of drug-likeness (QED) is 0.822. The normalized spacial score (nSPS) is 18.6. The molecule has 0 unspecified atom stereocenters. The van der Waals surface area contributed by atoms with Crippen LogP contribution in [0.1, 0.15) is 37.8 Å². The summed E-state index contributed by atoms with van der Waals surface area (Å²) >= 11 is 0. The van der Waals surface area contributed by atoms with E-state index in [-0.39, 0.29) is 17.2 Å². The van der Waals surface area contributed by atoms with Gasteiger partial charge in [-0.3, -0.25) is 0 Å². The van der Waals surface area contributed by atoms with E-state index in [0.29, 0.717) is 11.1 Å². The van der Waals surface area contributed by atoms with Crippen molar-refractivity contribution in [1.29, 1.82) is 0 Å². The first-order chi connectivity index (χ1) is 7.28. The van der Waals surface area contributed by atoms with Gasteiger partial charge in [-0.15, -0.1) is 0 Å². The van der Waals surface area contributed by atoms with Crippen molar-refractivity contribution in [2.45, 2.75) is 44.6 Å². The van der Waals surface area contributed by atoms with Crippen LogP contribution in [-0.4, -0.2) is 5.54 Å². The predicted octanol–water partition coefficient (Wildman–Crippen LogP) is 3.04. The fraction of sp³-hybridized carbons (Fsp3) is 0.538. The average Bonchev–Trinajstić information content (AvgIpc) is 2.91. The van der Waals surface area contributed by atoms with Gasteiger partial charge >= 0.3 is 0 Å². The number of rotatable bonds is 2. The van der Waals surface area contributed by atoms with Crippen molar-refractivity contribution in [3.8, 4) is 0 Å². The van der Waals surface area contributed by atoms with Crippen LogP contribution in [0.25, 0.3) is 0 Å². The Labute approximate surface area is 94.7 Å². The molecule has 0 amide bonds. The molecule has 1 saturated carbocycles. The Morgan fingerprint density at radius 1 is 1.19 bits per heavy atom. The highest BCUT2D eigenvalue weighted by Crippen LogP contribution is 2.49. The number of hydrogen-bond donors (Lipinski definition) is 1. The van der Waals surface area contributed by atoms with Gasteiger partial charge in [-0.2, -0.15) is 0 Å². The first-order valence-corrected chi connectivity index (χ1v) is 5.53. The van der Waals surface area contributed by atoms with Crippen LogP contribution in [0.15, 0.2) is 12.1 Å². The molecule has 0 saturated heterocycles. The summed E-state index contributed by atoms with van der Waals surface area (Å²) in [5, 5.41) is 0. The van der Waals surface area contributed by atoms with E-state index < -0.39 is 5.41 Å². The molecule has 3 heteroatoms. The third-order valence-electron chi connectivity index (χ3n) is 3.96. The molecular formula is C13H17F2N. The average molecular weight is 225 g/mol. The molecule has 16 heavy (non-hydrogen) atoms. The summed E-state index contributed by atoms with van der Waals surface area (Å²) in [5.41, 5.74) is 5.94. The summed E-state index contributed by atoms with van der Waals surface area (Å²) in [6.45, 7) is 5.32. The van der Waals surface area contributed by atoms with E-state index in [0.717, 1.165) is 12.8 Å². The van der Waals surface area contributed by atoms with E-state index in [1.54, 1.807) is 6.92 Å². The van der Waals surface area contributed by atoms with E-state index in [1.165, 1.54) is 12.1 Å². The van der Waals surface area contributed by atoms with Crippen LogP contribution in [-0.2, 0) is 5.41 Å². The molecule has 2 N–H and O–H groups in total. The standard InChI is InChI=1S/C13H17F2N/c1-8-6-11(15)9(7-10(8)14)12(2,3)13(16)4-5-13/h6-7H,4-5,16H2,1-3H3. The lowest BCUT2D eigenvalue weighted by molar-refractivity contribution is 0.372. The van der Waals surface area contributed by atoms with Gasteiger partial charge in [0.1, 0.15) is 11.6 Å². The SMILES string of the molecule is Cc1cc(F)c(C(C)(C)C2(N)CC2)cc1F. The molecule has 88 valence electrons. The van der Waals surface area contributed by atoms with Gasteiger partial charge in [-0.1, -0.05) is 13.8 Å². The topological polar surface area (TPSA) is 26.0 Å². The molecule has 0 radical (unpaired) electrons. The van der Waals surface area contributed by atoms with E-state index in [1.807, 2.05) is 13.8 Å². The molecular weight excluding hydrogens is 208 g/mol. The highest BCUT2D eigenvalue weighted by atomic mass is 19.1. The summed E-state index contributed by atoms with van der Waals surface area (Å²) in [5.74, 6) is -0.727. The summed E-state index contributed by atoms with van der Waals surface area (Å²) in [4.78, 5) is 0. The van der Waals surface area contributed by atoms with Crippen molar-refractivity contribution < 1.29 is 8.78 Å². The second-order valence-electron chi connectivity index (χ2n) is 5.36. The fourth-order valence-electron chi connectivity index (χ4n) is 2.15. The number of nitrogens with two attached hydrogens (primary N) is 1. The van der Waals surface area contributed by atoms with Crippen molar-refractivity contribution in [1.82, 2.24) is 0 Å². The molecule has 2 rings (SSSR count). The predicted molar refractivity (Wildman–Crippen MR) is 60.3 cm³/mol. The van der Waals surface area contributed by atoms with Crippen molar-refractivity contribution >= 4 is 0 Å². The molecule has 1 fully saturated rings. The van der Waals surface area contributed by atoms with Gasteiger partial charge in [0, 0.05) is 11.0 Å². The van der Waals surface area contributed by atoms with Crippen LogP contribution >= 0.6 is 0 Å². The zero-order chi connectivity index (χ0) is 12.1. The molecule has 1 aromatic rings. The lowest BCUT2D eigenvalue weighted by Crippen LogP contribution is -2.44. The first-order valence-electron chi connectivity index (χ1n) is 5.53. The minimum atomic E-state index is -0.522. The molecule has 1 aliphatic rings. The molecule has 0 aliphatic heterocycles. The van der Waals surface area contributed by atoms with Gasteiger partial charge in [0.15, 0.2) is 0 Å². The molecule has 0 spiro atoms. The molecule has 0 bridgehead atoms. The number of halogens is 2. The summed E-state index contributed by atoms with van der Waals surface area (Å²) < 4.78 is 27.4. The third kappa shape index (κ3) is 1.54. The van der Waals surface area contributed by atoms with E-state index in [4.69, 9.17) is 5.73 Å². The maximum Gasteiger partial charge on any atom is 0.127 e. The van der Waals surface area contributed by atoms with Crippen LogP contribution in [0, 0.1) is 18.6 Å². The highest BCUT2D eigenvalue weighted by molar-refractivity contribution is 5.36. The van der Waals surface area contributed by atoms with Crippen molar-refractivity contribution in [3.05, 3.63) is 34.9 Å². The Morgan fingerprint density at radius 2 is 1.75 bits per heavy atom. The molecule has 0 atom stereocenters. The lowest BCUT2D eigenvalue weighted by atomic mass is 9.75. The zero-order valence-electron chi connectivity index (χ0n) is 9.90.